The zero-order valence-electron chi connectivity index (χ0n) is 12.6. The van der Waals surface area contributed by atoms with E-state index in [9.17, 15) is 4.79 Å². The van der Waals surface area contributed by atoms with Crippen molar-refractivity contribution in [2.24, 2.45) is 0 Å². The van der Waals surface area contributed by atoms with E-state index in [-0.39, 0.29) is 5.91 Å². The summed E-state index contributed by atoms with van der Waals surface area (Å²) in [4.78, 5) is 18.3. The summed E-state index contributed by atoms with van der Waals surface area (Å²) in [5.41, 5.74) is 0. The highest BCUT2D eigenvalue weighted by Gasteiger charge is 2.17. The second kappa shape index (κ2) is 8.67. The predicted octanol–water partition coefficient (Wildman–Crippen LogP) is 1.66. The number of aromatic nitrogens is 2. The van der Waals surface area contributed by atoms with Crippen LogP contribution in [0.15, 0.2) is 5.16 Å². The summed E-state index contributed by atoms with van der Waals surface area (Å²) < 4.78 is 4.22. The summed E-state index contributed by atoms with van der Waals surface area (Å²) in [6.45, 7) is 4.50. The molecule has 0 saturated carbocycles. The summed E-state index contributed by atoms with van der Waals surface area (Å²) in [6.07, 6.45) is 3.51. The second-order valence-corrected chi connectivity index (χ2v) is 7.08. The number of rotatable bonds is 8. The van der Waals surface area contributed by atoms with Crippen LogP contribution in [0.2, 0.25) is 0 Å². The third kappa shape index (κ3) is 5.90. The first kappa shape index (κ1) is 16.7. The Morgan fingerprint density at radius 2 is 2.48 bits per heavy atom. The van der Waals surface area contributed by atoms with Gasteiger partial charge in [0.15, 0.2) is 0 Å². The van der Waals surface area contributed by atoms with E-state index in [1.54, 1.807) is 11.8 Å². The number of nitrogens with zero attached hydrogens (tertiary/aromatic N) is 3. The van der Waals surface area contributed by atoms with Crippen LogP contribution in [0.1, 0.15) is 26.2 Å². The zero-order chi connectivity index (χ0) is 15.1. The minimum atomic E-state index is -0.0290. The number of thioether (sulfide) groups is 1. The van der Waals surface area contributed by atoms with Crippen LogP contribution < -0.4 is 10.6 Å². The molecule has 0 spiro atoms. The van der Waals surface area contributed by atoms with E-state index in [0.29, 0.717) is 17.7 Å². The number of amides is 1. The molecule has 2 rings (SSSR count). The molecule has 1 unspecified atom stereocenters. The van der Waals surface area contributed by atoms with Gasteiger partial charge in [0.1, 0.15) is 0 Å². The molecular formula is C13H23N5OS2. The number of carbonyl (C=O) groups is 1. The lowest BCUT2D eigenvalue weighted by Crippen LogP contribution is -2.39. The Labute approximate surface area is 134 Å². The number of hydrogen-bond donors (Lipinski definition) is 2. The maximum absolute atomic E-state index is 12.0. The van der Waals surface area contributed by atoms with Gasteiger partial charge in [0.2, 0.25) is 16.2 Å². The number of anilines is 1. The molecule has 1 aromatic rings. The van der Waals surface area contributed by atoms with Crippen molar-refractivity contribution in [3.63, 3.8) is 0 Å². The van der Waals surface area contributed by atoms with Crippen LogP contribution in [0.3, 0.4) is 0 Å². The predicted molar refractivity (Wildman–Crippen MR) is 88.1 cm³/mol. The molecule has 0 radical (unpaired) electrons. The number of likely N-dealkylation sites (N-methyl/N-ethyl adjacent to an activating group) is 1. The van der Waals surface area contributed by atoms with Gasteiger partial charge in [0.25, 0.3) is 0 Å². The van der Waals surface area contributed by atoms with Gasteiger partial charge in [-0.25, -0.2) is 0 Å². The summed E-state index contributed by atoms with van der Waals surface area (Å²) in [6, 6.07) is 0.515. The standard InChI is InChI=1S/C13H23N5OS2/c1-3-7-20-13-16-12(21-17-13)15-11(19)9-18(2)8-10-5-4-6-14-10/h10,14H,3-9H2,1-2H3,(H,15,16,17,19). The van der Waals surface area contributed by atoms with Gasteiger partial charge in [-0.05, 0) is 32.9 Å². The quantitative estimate of drug-likeness (QED) is 0.707. The molecule has 1 amide bonds. The fraction of sp³-hybridized carbons (Fsp3) is 0.769. The van der Waals surface area contributed by atoms with E-state index >= 15 is 0 Å². The monoisotopic (exact) mass is 329 g/mol. The largest absolute Gasteiger partial charge is 0.313 e. The molecule has 0 aromatic carbocycles. The van der Waals surface area contributed by atoms with Crippen molar-refractivity contribution in [2.45, 2.75) is 37.4 Å². The number of nitrogens with one attached hydrogen (secondary N) is 2. The Kier molecular flexibility index (Phi) is 6.88. The van der Waals surface area contributed by atoms with Crippen molar-refractivity contribution in [1.29, 1.82) is 0 Å². The molecule has 2 heterocycles. The molecule has 1 fully saturated rings. The van der Waals surface area contributed by atoms with Gasteiger partial charge in [-0.1, -0.05) is 18.7 Å². The lowest BCUT2D eigenvalue weighted by Gasteiger charge is -2.20. The van der Waals surface area contributed by atoms with E-state index in [2.05, 4.69) is 26.9 Å². The van der Waals surface area contributed by atoms with Gasteiger partial charge in [-0.2, -0.15) is 9.36 Å². The molecule has 1 aromatic heterocycles. The first-order valence-electron chi connectivity index (χ1n) is 7.35. The molecule has 1 atom stereocenters. The van der Waals surface area contributed by atoms with E-state index in [1.165, 1.54) is 24.4 Å². The lowest BCUT2D eigenvalue weighted by atomic mass is 10.2. The topological polar surface area (TPSA) is 70.2 Å². The molecular weight excluding hydrogens is 306 g/mol. The molecule has 2 N–H and O–H groups in total. The van der Waals surface area contributed by atoms with E-state index in [4.69, 9.17) is 0 Å². The highest BCUT2D eigenvalue weighted by molar-refractivity contribution is 7.99. The first-order chi connectivity index (χ1) is 10.2. The van der Waals surface area contributed by atoms with E-state index in [0.717, 1.165) is 30.4 Å². The Balaban J connectivity index is 1.71. The van der Waals surface area contributed by atoms with Crippen LogP contribution in [0.5, 0.6) is 0 Å². The van der Waals surface area contributed by atoms with Gasteiger partial charge in [-0.15, -0.1) is 0 Å². The summed E-state index contributed by atoms with van der Waals surface area (Å²) in [5.74, 6) is 0.972. The molecule has 1 aliphatic rings. The smallest absolute Gasteiger partial charge is 0.240 e. The maximum atomic E-state index is 12.0. The van der Waals surface area contributed by atoms with Crippen LogP contribution in [0, 0.1) is 0 Å². The first-order valence-corrected chi connectivity index (χ1v) is 9.11. The number of hydrogen-bond acceptors (Lipinski definition) is 7. The average molecular weight is 329 g/mol. The van der Waals surface area contributed by atoms with Gasteiger partial charge in [-0.3, -0.25) is 15.0 Å². The Bertz CT molecular complexity index is 448. The highest BCUT2D eigenvalue weighted by atomic mass is 32.2. The van der Waals surface area contributed by atoms with Crippen molar-refractivity contribution in [1.82, 2.24) is 19.6 Å². The Morgan fingerprint density at radius 1 is 1.62 bits per heavy atom. The fourth-order valence-electron chi connectivity index (χ4n) is 2.27. The van der Waals surface area contributed by atoms with Crippen molar-refractivity contribution in [2.75, 3.05) is 37.8 Å². The van der Waals surface area contributed by atoms with Crippen LogP contribution in [-0.4, -0.2) is 58.6 Å². The summed E-state index contributed by atoms with van der Waals surface area (Å²) >= 11 is 2.87. The van der Waals surface area contributed by atoms with Crippen molar-refractivity contribution in [3.05, 3.63) is 0 Å². The van der Waals surface area contributed by atoms with Crippen LogP contribution in [-0.2, 0) is 4.79 Å². The highest BCUT2D eigenvalue weighted by Crippen LogP contribution is 2.20. The molecule has 1 aliphatic heterocycles. The Hall–Kier alpha value is -0.700. The van der Waals surface area contributed by atoms with E-state index in [1.807, 2.05) is 11.9 Å². The van der Waals surface area contributed by atoms with E-state index < -0.39 is 0 Å². The van der Waals surface area contributed by atoms with Crippen LogP contribution in [0.25, 0.3) is 0 Å². The maximum Gasteiger partial charge on any atom is 0.240 e. The van der Waals surface area contributed by atoms with Gasteiger partial charge in [0, 0.05) is 29.9 Å². The molecule has 8 heteroatoms. The van der Waals surface area contributed by atoms with Crippen LogP contribution >= 0.6 is 23.3 Å². The third-order valence-corrected chi connectivity index (χ3v) is 5.00. The molecule has 0 aliphatic carbocycles. The second-order valence-electron chi connectivity index (χ2n) is 5.27. The molecule has 0 bridgehead atoms. The minimum Gasteiger partial charge on any atom is -0.313 e. The molecule has 1 saturated heterocycles. The molecule has 21 heavy (non-hydrogen) atoms. The number of carbonyl (C=O) groups excluding carboxylic acids is 1. The fourth-order valence-corrected chi connectivity index (χ4v) is 3.69. The van der Waals surface area contributed by atoms with Gasteiger partial charge < -0.3 is 5.32 Å². The summed E-state index contributed by atoms with van der Waals surface area (Å²) in [7, 11) is 1.97. The third-order valence-electron chi connectivity index (χ3n) is 3.20. The SMILES string of the molecule is CCCSc1nsc(NC(=O)CN(C)CC2CCCN2)n1. The molecule has 6 nitrogen and oxygen atoms in total. The minimum absolute atomic E-state index is 0.0290. The Morgan fingerprint density at radius 3 is 3.19 bits per heavy atom. The normalized spacial score (nSPS) is 18.3. The van der Waals surface area contributed by atoms with Gasteiger partial charge >= 0.3 is 0 Å². The van der Waals surface area contributed by atoms with Crippen LogP contribution in [0.4, 0.5) is 5.13 Å². The van der Waals surface area contributed by atoms with Gasteiger partial charge in [0.05, 0.1) is 6.54 Å². The molecule has 118 valence electrons. The lowest BCUT2D eigenvalue weighted by molar-refractivity contribution is -0.117. The van der Waals surface area contributed by atoms with Crippen molar-refractivity contribution < 1.29 is 4.79 Å². The van der Waals surface area contributed by atoms with Crippen molar-refractivity contribution in [3.8, 4) is 0 Å². The van der Waals surface area contributed by atoms with Crippen molar-refractivity contribution >= 4 is 34.3 Å². The summed E-state index contributed by atoms with van der Waals surface area (Å²) in [5, 5.41) is 7.60. The zero-order valence-corrected chi connectivity index (χ0v) is 14.2. The average Bonchev–Trinajstić information content (AvgIpc) is 3.08.